The minimum Gasteiger partial charge on any atom is -0.358 e. The van der Waals surface area contributed by atoms with E-state index in [0.29, 0.717) is 23.0 Å². The topological polar surface area (TPSA) is 87.1 Å². The Labute approximate surface area is 219 Å². The molecular formula is C28H27N7OS. The Morgan fingerprint density at radius 3 is 2.46 bits per heavy atom. The first-order chi connectivity index (χ1) is 18.0. The molecule has 9 heteroatoms. The molecule has 186 valence electrons. The Hall–Kier alpha value is -4.21. The third kappa shape index (κ3) is 5.63. The fourth-order valence-corrected chi connectivity index (χ4v) is 4.72. The van der Waals surface area contributed by atoms with Crippen LogP contribution in [0.3, 0.4) is 0 Å². The van der Waals surface area contributed by atoms with Crippen LogP contribution in [0.2, 0.25) is 0 Å². The lowest BCUT2D eigenvalue weighted by Gasteiger charge is -2.21. The molecule has 8 nitrogen and oxygen atoms in total. The summed E-state index contributed by atoms with van der Waals surface area (Å²) in [7, 11) is 6.03. The summed E-state index contributed by atoms with van der Waals surface area (Å²) < 4.78 is 0. The summed E-state index contributed by atoms with van der Waals surface area (Å²) >= 11 is 1.49. The van der Waals surface area contributed by atoms with Gasteiger partial charge < -0.3 is 15.1 Å². The molecular weight excluding hydrogens is 482 g/mol. The van der Waals surface area contributed by atoms with Crippen LogP contribution in [0.1, 0.15) is 10.5 Å². The second kappa shape index (κ2) is 10.8. The van der Waals surface area contributed by atoms with Crippen molar-refractivity contribution < 1.29 is 4.79 Å². The van der Waals surface area contributed by atoms with Crippen LogP contribution in [0, 0.1) is 0 Å². The molecule has 0 atom stereocenters. The molecule has 37 heavy (non-hydrogen) atoms. The Morgan fingerprint density at radius 1 is 0.892 bits per heavy atom. The maximum atomic E-state index is 13.5. The lowest BCUT2D eigenvalue weighted by molar-refractivity contribution is 0.102. The molecule has 3 aromatic heterocycles. The van der Waals surface area contributed by atoms with E-state index in [1.165, 1.54) is 11.3 Å². The highest BCUT2D eigenvalue weighted by Crippen LogP contribution is 2.34. The van der Waals surface area contributed by atoms with Crippen LogP contribution in [0.5, 0.6) is 0 Å². The second-order valence-corrected chi connectivity index (χ2v) is 9.85. The van der Waals surface area contributed by atoms with Gasteiger partial charge >= 0.3 is 0 Å². The van der Waals surface area contributed by atoms with Crippen LogP contribution in [-0.2, 0) is 0 Å². The monoisotopic (exact) mass is 509 g/mol. The number of benzene rings is 2. The maximum absolute atomic E-state index is 13.5. The first-order valence-electron chi connectivity index (χ1n) is 11.9. The summed E-state index contributed by atoms with van der Waals surface area (Å²) in [6.45, 7) is 1.61. The molecule has 3 heterocycles. The highest BCUT2D eigenvalue weighted by molar-refractivity contribution is 7.21. The standard InChI is InChI=1S/C28H27N7OS/c1-34(2)16-17-35(3)24-18-23(30-25(33-24)19-10-5-4-6-11-19)26(36)31-21-13-8-7-12-20(21)27-32-22-14-9-15-29-28(22)37-27/h4-15,18H,16-17H2,1-3H3,(H,31,36). The summed E-state index contributed by atoms with van der Waals surface area (Å²) in [5.41, 5.74) is 3.47. The van der Waals surface area contributed by atoms with Crippen molar-refractivity contribution >= 4 is 39.1 Å². The van der Waals surface area contributed by atoms with Gasteiger partial charge in [0.15, 0.2) is 5.82 Å². The number of amides is 1. The molecule has 0 unspecified atom stereocenters. The third-order valence-corrected chi connectivity index (χ3v) is 6.84. The highest BCUT2D eigenvalue weighted by atomic mass is 32.1. The number of nitrogens with zero attached hydrogens (tertiary/aromatic N) is 6. The van der Waals surface area contributed by atoms with Gasteiger partial charge in [-0.15, -0.1) is 0 Å². The van der Waals surface area contributed by atoms with Crippen molar-refractivity contribution in [2.75, 3.05) is 44.4 Å². The van der Waals surface area contributed by atoms with E-state index >= 15 is 0 Å². The highest BCUT2D eigenvalue weighted by Gasteiger charge is 2.18. The number of nitrogens with one attached hydrogen (secondary N) is 1. The molecule has 0 aliphatic heterocycles. The van der Waals surface area contributed by atoms with Gasteiger partial charge in [-0.05, 0) is 38.4 Å². The fraction of sp³-hybridized carbons (Fsp3) is 0.179. The number of hydrogen-bond donors (Lipinski definition) is 1. The van der Waals surface area contributed by atoms with Gasteiger partial charge in [0, 0.05) is 43.5 Å². The third-order valence-electron chi connectivity index (χ3n) is 5.82. The fourth-order valence-electron chi connectivity index (χ4n) is 3.78. The molecule has 0 bridgehead atoms. The average molecular weight is 510 g/mol. The minimum absolute atomic E-state index is 0.293. The summed E-state index contributed by atoms with van der Waals surface area (Å²) in [4.78, 5) is 37.0. The number of rotatable bonds is 8. The van der Waals surface area contributed by atoms with E-state index in [2.05, 4.69) is 20.2 Å². The first-order valence-corrected chi connectivity index (χ1v) is 12.7. The zero-order chi connectivity index (χ0) is 25.8. The maximum Gasteiger partial charge on any atom is 0.274 e. The van der Waals surface area contributed by atoms with Gasteiger partial charge in [-0.2, -0.15) is 0 Å². The summed E-state index contributed by atoms with van der Waals surface area (Å²) in [6, 6.07) is 22.9. The largest absolute Gasteiger partial charge is 0.358 e. The molecule has 0 aliphatic carbocycles. The van der Waals surface area contributed by atoms with E-state index < -0.39 is 0 Å². The molecule has 0 spiro atoms. The first kappa shape index (κ1) is 24.5. The van der Waals surface area contributed by atoms with Crippen LogP contribution in [0.4, 0.5) is 11.5 Å². The van der Waals surface area contributed by atoms with Crippen molar-refractivity contribution in [2.24, 2.45) is 0 Å². The Balaban J connectivity index is 1.49. The smallest absolute Gasteiger partial charge is 0.274 e. The van der Waals surface area contributed by atoms with Crippen molar-refractivity contribution in [2.45, 2.75) is 0 Å². The molecule has 0 fully saturated rings. The lowest BCUT2D eigenvalue weighted by atomic mass is 10.1. The minimum atomic E-state index is -0.312. The van der Waals surface area contributed by atoms with Crippen molar-refractivity contribution in [3.05, 3.63) is 84.7 Å². The molecule has 5 aromatic rings. The van der Waals surface area contributed by atoms with Crippen molar-refractivity contribution in [1.29, 1.82) is 0 Å². The van der Waals surface area contributed by atoms with Crippen LogP contribution in [0.25, 0.3) is 32.3 Å². The van der Waals surface area contributed by atoms with Gasteiger partial charge in [0.25, 0.3) is 5.91 Å². The van der Waals surface area contributed by atoms with Crippen LogP contribution >= 0.6 is 11.3 Å². The molecule has 5 rings (SSSR count). The Bertz CT molecular complexity index is 1500. The number of fused-ring (bicyclic) bond motifs is 1. The Morgan fingerprint density at radius 2 is 1.68 bits per heavy atom. The summed E-state index contributed by atoms with van der Waals surface area (Å²) in [5, 5.41) is 3.85. The number of carbonyl (C=O) groups excluding carboxylic acids is 1. The van der Waals surface area contributed by atoms with Crippen molar-refractivity contribution in [1.82, 2.24) is 24.8 Å². The predicted octanol–water partition coefficient (Wildman–Crippen LogP) is 5.07. The molecule has 0 aliphatic rings. The van der Waals surface area contributed by atoms with Gasteiger partial charge in [-0.1, -0.05) is 53.8 Å². The zero-order valence-corrected chi connectivity index (χ0v) is 21.7. The number of anilines is 2. The number of aromatic nitrogens is 4. The van der Waals surface area contributed by atoms with Crippen molar-refractivity contribution in [3.8, 4) is 22.0 Å². The molecule has 1 N–H and O–H groups in total. The molecule has 2 aromatic carbocycles. The summed E-state index contributed by atoms with van der Waals surface area (Å²) in [5.74, 6) is 0.880. The van der Waals surface area contributed by atoms with Crippen molar-refractivity contribution in [3.63, 3.8) is 0 Å². The summed E-state index contributed by atoms with van der Waals surface area (Å²) in [6.07, 6.45) is 1.75. The SMILES string of the molecule is CN(C)CCN(C)c1cc(C(=O)Nc2ccccc2-c2nc3cccnc3s2)nc(-c2ccccc2)n1. The average Bonchev–Trinajstić information content (AvgIpc) is 3.36. The Kier molecular flexibility index (Phi) is 7.16. The molecule has 1 amide bonds. The van der Waals surface area contributed by atoms with Gasteiger partial charge in [-0.3, -0.25) is 4.79 Å². The van der Waals surface area contributed by atoms with Gasteiger partial charge in [-0.25, -0.2) is 19.9 Å². The van der Waals surface area contributed by atoms with Gasteiger partial charge in [0.2, 0.25) is 0 Å². The van der Waals surface area contributed by atoms with Crippen LogP contribution in [-0.4, -0.2) is 65.0 Å². The van der Waals surface area contributed by atoms with E-state index in [4.69, 9.17) is 9.97 Å². The number of para-hydroxylation sites is 1. The zero-order valence-electron chi connectivity index (χ0n) is 20.9. The van der Waals surface area contributed by atoms with Crippen LogP contribution in [0.15, 0.2) is 79.0 Å². The molecule has 0 radical (unpaired) electrons. The second-order valence-electron chi connectivity index (χ2n) is 8.87. The molecule has 0 saturated carbocycles. The number of hydrogen-bond acceptors (Lipinski definition) is 8. The number of carbonyl (C=O) groups is 1. The van der Waals surface area contributed by atoms with E-state index in [9.17, 15) is 4.79 Å². The molecule has 0 saturated heterocycles. The number of thiazole rings is 1. The van der Waals surface area contributed by atoms with E-state index in [-0.39, 0.29) is 5.91 Å². The van der Waals surface area contributed by atoms with E-state index in [1.807, 2.05) is 92.8 Å². The lowest BCUT2D eigenvalue weighted by Crippen LogP contribution is -2.29. The van der Waals surface area contributed by atoms with Crippen LogP contribution < -0.4 is 10.2 Å². The quantitative estimate of drug-likeness (QED) is 0.313. The normalized spacial score (nSPS) is 11.1. The number of pyridine rings is 1. The predicted molar refractivity (Wildman–Crippen MR) is 150 cm³/mol. The van der Waals surface area contributed by atoms with Gasteiger partial charge in [0.05, 0.1) is 5.69 Å². The van der Waals surface area contributed by atoms with E-state index in [1.54, 1.807) is 12.3 Å². The van der Waals surface area contributed by atoms with Gasteiger partial charge in [0.1, 0.15) is 26.9 Å². The number of likely N-dealkylation sites (N-methyl/N-ethyl adjacent to an activating group) is 2. The van der Waals surface area contributed by atoms with E-state index in [0.717, 1.165) is 39.6 Å².